The zero-order chi connectivity index (χ0) is 11.7. The molecule has 0 radical (unpaired) electrons. The van der Waals surface area contributed by atoms with Crippen molar-refractivity contribution in [2.24, 2.45) is 0 Å². The standard InChI is InChI=1S/C14H20N2O/c17-13-5-2-8-16(10-13)9-12-4-1-3-11-6-7-15-14(11)12/h1,3-4,13,15,17H,2,5-10H2. The molecule has 92 valence electrons. The monoisotopic (exact) mass is 232 g/mol. The highest BCUT2D eigenvalue weighted by atomic mass is 16.3. The highest BCUT2D eigenvalue weighted by Crippen LogP contribution is 2.28. The molecule has 1 saturated heterocycles. The van der Waals surface area contributed by atoms with Gasteiger partial charge in [0.2, 0.25) is 0 Å². The summed E-state index contributed by atoms with van der Waals surface area (Å²) < 4.78 is 0. The van der Waals surface area contributed by atoms with E-state index in [1.54, 1.807) is 0 Å². The summed E-state index contributed by atoms with van der Waals surface area (Å²) in [5.41, 5.74) is 4.17. The molecule has 2 N–H and O–H groups in total. The number of likely N-dealkylation sites (tertiary alicyclic amines) is 1. The van der Waals surface area contributed by atoms with Crippen LogP contribution >= 0.6 is 0 Å². The molecule has 1 aromatic rings. The van der Waals surface area contributed by atoms with Gasteiger partial charge in [0.15, 0.2) is 0 Å². The molecule has 0 bridgehead atoms. The van der Waals surface area contributed by atoms with E-state index in [1.807, 2.05) is 0 Å². The maximum absolute atomic E-state index is 9.69. The molecule has 1 unspecified atom stereocenters. The van der Waals surface area contributed by atoms with Gasteiger partial charge >= 0.3 is 0 Å². The van der Waals surface area contributed by atoms with Gasteiger partial charge in [0.05, 0.1) is 6.10 Å². The number of benzene rings is 1. The first-order valence-electron chi connectivity index (χ1n) is 6.58. The molecule has 0 amide bonds. The van der Waals surface area contributed by atoms with Crippen molar-refractivity contribution in [1.29, 1.82) is 0 Å². The summed E-state index contributed by atoms with van der Waals surface area (Å²) >= 11 is 0. The largest absolute Gasteiger partial charge is 0.392 e. The summed E-state index contributed by atoms with van der Waals surface area (Å²) in [6.07, 6.45) is 3.09. The van der Waals surface area contributed by atoms with Crippen LogP contribution in [0.25, 0.3) is 0 Å². The van der Waals surface area contributed by atoms with E-state index < -0.39 is 0 Å². The van der Waals surface area contributed by atoms with E-state index in [1.165, 1.54) is 16.8 Å². The van der Waals surface area contributed by atoms with E-state index in [0.29, 0.717) is 0 Å². The normalized spacial score (nSPS) is 24.4. The molecular weight excluding hydrogens is 212 g/mol. The zero-order valence-electron chi connectivity index (χ0n) is 10.2. The third-order valence-corrected chi connectivity index (χ3v) is 3.81. The first-order valence-corrected chi connectivity index (χ1v) is 6.58. The first-order chi connectivity index (χ1) is 8.33. The molecule has 2 heterocycles. The fourth-order valence-electron chi connectivity index (χ4n) is 2.96. The van der Waals surface area contributed by atoms with Gasteiger partial charge in [-0.15, -0.1) is 0 Å². The van der Waals surface area contributed by atoms with Crippen LogP contribution in [0, 0.1) is 0 Å². The number of aliphatic hydroxyl groups is 1. The molecule has 1 aromatic carbocycles. The van der Waals surface area contributed by atoms with Gasteiger partial charge < -0.3 is 10.4 Å². The Morgan fingerprint density at radius 2 is 2.35 bits per heavy atom. The van der Waals surface area contributed by atoms with Gasteiger partial charge in [0.25, 0.3) is 0 Å². The van der Waals surface area contributed by atoms with Crippen molar-refractivity contribution >= 4 is 5.69 Å². The fourth-order valence-corrected chi connectivity index (χ4v) is 2.96. The molecule has 17 heavy (non-hydrogen) atoms. The number of hydrogen-bond donors (Lipinski definition) is 2. The number of anilines is 1. The first kappa shape index (κ1) is 11.1. The van der Waals surface area contributed by atoms with Gasteiger partial charge in [0, 0.05) is 25.3 Å². The molecule has 1 atom stereocenters. The maximum Gasteiger partial charge on any atom is 0.0667 e. The van der Waals surface area contributed by atoms with Gasteiger partial charge in [-0.1, -0.05) is 18.2 Å². The molecule has 2 aliphatic rings. The summed E-state index contributed by atoms with van der Waals surface area (Å²) in [5, 5.41) is 13.2. The van der Waals surface area contributed by atoms with E-state index in [0.717, 1.165) is 45.4 Å². The van der Waals surface area contributed by atoms with Crippen LogP contribution in [0.4, 0.5) is 5.69 Å². The Kier molecular flexibility index (Phi) is 3.04. The topological polar surface area (TPSA) is 35.5 Å². The fraction of sp³-hybridized carbons (Fsp3) is 0.571. The molecule has 3 nitrogen and oxygen atoms in total. The van der Waals surface area contributed by atoms with Crippen LogP contribution in [0.5, 0.6) is 0 Å². The van der Waals surface area contributed by atoms with Crippen molar-refractivity contribution in [2.75, 3.05) is 25.0 Å². The number of piperidine rings is 1. The molecule has 3 rings (SSSR count). The second kappa shape index (κ2) is 4.67. The maximum atomic E-state index is 9.69. The average molecular weight is 232 g/mol. The highest BCUT2D eigenvalue weighted by Gasteiger charge is 2.20. The Labute approximate surface area is 102 Å². The Bertz CT molecular complexity index is 405. The minimum Gasteiger partial charge on any atom is -0.392 e. The number of fused-ring (bicyclic) bond motifs is 1. The minimum atomic E-state index is -0.131. The number of β-amino-alcohol motifs (C(OH)–C–C–N with tert-alkyl or cyclic N) is 1. The van der Waals surface area contributed by atoms with Crippen molar-refractivity contribution in [2.45, 2.75) is 31.9 Å². The summed E-state index contributed by atoms with van der Waals surface area (Å²) in [7, 11) is 0. The molecular formula is C14H20N2O. The van der Waals surface area contributed by atoms with E-state index in [-0.39, 0.29) is 6.10 Å². The number of para-hydroxylation sites is 1. The van der Waals surface area contributed by atoms with Crippen LogP contribution < -0.4 is 5.32 Å². The lowest BCUT2D eigenvalue weighted by molar-refractivity contribution is 0.0669. The van der Waals surface area contributed by atoms with E-state index in [4.69, 9.17) is 0 Å². The van der Waals surface area contributed by atoms with Crippen molar-refractivity contribution in [3.05, 3.63) is 29.3 Å². The Morgan fingerprint density at radius 3 is 3.24 bits per heavy atom. The van der Waals surface area contributed by atoms with Crippen molar-refractivity contribution in [3.63, 3.8) is 0 Å². The number of nitrogens with zero attached hydrogens (tertiary/aromatic N) is 1. The number of rotatable bonds is 2. The number of hydrogen-bond acceptors (Lipinski definition) is 3. The third-order valence-electron chi connectivity index (χ3n) is 3.81. The quantitative estimate of drug-likeness (QED) is 0.813. The van der Waals surface area contributed by atoms with Crippen LogP contribution in [-0.2, 0) is 13.0 Å². The number of aliphatic hydroxyl groups excluding tert-OH is 1. The van der Waals surface area contributed by atoms with E-state index in [2.05, 4.69) is 28.4 Å². The van der Waals surface area contributed by atoms with Gasteiger partial charge in [-0.2, -0.15) is 0 Å². The second-order valence-corrected chi connectivity index (χ2v) is 5.16. The third kappa shape index (κ3) is 2.31. The molecule has 0 spiro atoms. The van der Waals surface area contributed by atoms with Gasteiger partial charge in [-0.25, -0.2) is 0 Å². The van der Waals surface area contributed by atoms with Crippen LogP contribution in [0.15, 0.2) is 18.2 Å². The van der Waals surface area contributed by atoms with Gasteiger partial charge in [0.1, 0.15) is 0 Å². The molecule has 3 heteroatoms. The molecule has 2 aliphatic heterocycles. The summed E-state index contributed by atoms with van der Waals surface area (Å²) in [4.78, 5) is 2.36. The van der Waals surface area contributed by atoms with Gasteiger partial charge in [-0.3, -0.25) is 4.90 Å². The predicted octanol–water partition coefficient (Wildman–Crippen LogP) is 1.61. The lowest BCUT2D eigenvalue weighted by atomic mass is 10.0. The number of nitrogens with one attached hydrogen (secondary N) is 1. The van der Waals surface area contributed by atoms with E-state index >= 15 is 0 Å². The van der Waals surface area contributed by atoms with Crippen LogP contribution in [0.3, 0.4) is 0 Å². The zero-order valence-corrected chi connectivity index (χ0v) is 10.2. The SMILES string of the molecule is OC1CCCN(Cc2cccc3c2NCC3)C1. The smallest absolute Gasteiger partial charge is 0.0667 e. The minimum absolute atomic E-state index is 0.131. The molecule has 0 aromatic heterocycles. The van der Waals surface area contributed by atoms with Crippen LogP contribution in [0.1, 0.15) is 24.0 Å². The van der Waals surface area contributed by atoms with Gasteiger partial charge in [-0.05, 0) is 36.9 Å². The Balaban J connectivity index is 1.74. The Hall–Kier alpha value is -1.06. The lowest BCUT2D eigenvalue weighted by Gasteiger charge is -2.30. The second-order valence-electron chi connectivity index (χ2n) is 5.16. The Morgan fingerprint density at radius 1 is 1.41 bits per heavy atom. The summed E-state index contributed by atoms with van der Waals surface area (Å²) in [5.74, 6) is 0. The van der Waals surface area contributed by atoms with Crippen LogP contribution in [0.2, 0.25) is 0 Å². The highest BCUT2D eigenvalue weighted by molar-refractivity contribution is 5.61. The molecule has 0 saturated carbocycles. The molecule has 0 aliphatic carbocycles. The average Bonchev–Trinajstić information content (AvgIpc) is 2.78. The summed E-state index contributed by atoms with van der Waals surface area (Å²) in [6, 6.07) is 6.57. The van der Waals surface area contributed by atoms with Crippen molar-refractivity contribution in [3.8, 4) is 0 Å². The van der Waals surface area contributed by atoms with Crippen molar-refractivity contribution < 1.29 is 5.11 Å². The predicted molar refractivity (Wildman–Crippen MR) is 69.2 cm³/mol. The van der Waals surface area contributed by atoms with Crippen molar-refractivity contribution in [1.82, 2.24) is 4.90 Å². The van der Waals surface area contributed by atoms with Crippen LogP contribution in [-0.4, -0.2) is 35.7 Å². The van der Waals surface area contributed by atoms with E-state index in [9.17, 15) is 5.11 Å². The lowest BCUT2D eigenvalue weighted by Crippen LogP contribution is -2.37. The summed E-state index contributed by atoms with van der Waals surface area (Å²) in [6.45, 7) is 3.96. The molecule has 1 fully saturated rings.